The smallest absolute Gasteiger partial charge is 0.273 e. The van der Waals surface area contributed by atoms with Crippen LogP contribution in [-0.2, 0) is 0 Å². The predicted octanol–water partition coefficient (Wildman–Crippen LogP) is 3.72. The summed E-state index contributed by atoms with van der Waals surface area (Å²) in [6.07, 6.45) is 6.04. The number of pyridine rings is 1. The fourth-order valence-electron chi connectivity index (χ4n) is 3.53. The number of benzene rings is 1. The van der Waals surface area contributed by atoms with Crippen LogP contribution in [0.3, 0.4) is 0 Å². The van der Waals surface area contributed by atoms with Crippen LogP contribution < -0.4 is 0 Å². The summed E-state index contributed by atoms with van der Waals surface area (Å²) >= 11 is 0. The van der Waals surface area contributed by atoms with E-state index in [1.54, 1.807) is 6.20 Å². The summed E-state index contributed by atoms with van der Waals surface area (Å²) in [5.74, 6) is 0.0150. The third-order valence-electron chi connectivity index (χ3n) is 4.74. The Labute approximate surface area is 140 Å². The average molecular weight is 320 g/mol. The fraction of sp³-hybridized carbons (Fsp3) is 0.316. The summed E-state index contributed by atoms with van der Waals surface area (Å²) in [6.45, 7) is 0.777. The lowest BCUT2D eigenvalue weighted by atomic mass is 10.0. The second-order valence-electron chi connectivity index (χ2n) is 6.25. The van der Waals surface area contributed by atoms with Crippen molar-refractivity contribution in [2.45, 2.75) is 31.7 Å². The second-order valence-corrected chi connectivity index (χ2v) is 6.25. The summed E-state index contributed by atoms with van der Waals surface area (Å²) in [6, 6.07) is 14.2. The molecule has 1 saturated heterocycles. The molecule has 24 heavy (non-hydrogen) atoms. The van der Waals surface area contributed by atoms with Gasteiger partial charge < -0.3 is 4.90 Å². The summed E-state index contributed by atoms with van der Waals surface area (Å²) in [5, 5.41) is 7.86. The van der Waals surface area contributed by atoms with Crippen LogP contribution in [-0.4, -0.2) is 32.5 Å². The van der Waals surface area contributed by atoms with Crippen LogP contribution in [0.15, 0.2) is 48.7 Å². The largest absolute Gasteiger partial charge is 0.330 e. The van der Waals surface area contributed by atoms with E-state index in [0.29, 0.717) is 11.3 Å². The number of rotatable bonds is 2. The maximum absolute atomic E-state index is 13.2. The van der Waals surface area contributed by atoms with Gasteiger partial charge in [-0.15, -0.1) is 0 Å². The van der Waals surface area contributed by atoms with E-state index in [0.717, 1.165) is 31.2 Å². The molecule has 4 rings (SSSR count). The van der Waals surface area contributed by atoms with Gasteiger partial charge in [0.25, 0.3) is 5.91 Å². The number of hydrogen-bond acceptors (Lipinski definition) is 3. The number of hydrogen-bond donors (Lipinski definition) is 1. The van der Waals surface area contributed by atoms with E-state index in [2.05, 4.69) is 27.3 Å². The van der Waals surface area contributed by atoms with Gasteiger partial charge in [-0.25, -0.2) is 4.98 Å². The van der Waals surface area contributed by atoms with Gasteiger partial charge in [0, 0.05) is 12.7 Å². The molecule has 1 aliphatic heterocycles. The molecule has 0 spiro atoms. The van der Waals surface area contributed by atoms with Gasteiger partial charge in [-0.3, -0.25) is 9.89 Å². The molecule has 1 amide bonds. The number of nitrogens with zero attached hydrogens (tertiary/aromatic N) is 3. The lowest BCUT2D eigenvalue weighted by molar-refractivity contribution is 0.0677. The highest BCUT2D eigenvalue weighted by Crippen LogP contribution is 2.31. The zero-order chi connectivity index (χ0) is 16.4. The highest BCUT2D eigenvalue weighted by Gasteiger charge is 2.29. The minimum absolute atomic E-state index is 0.0150. The van der Waals surface area contributed by atoms with Crippen molar-refractivity contribution in [1.29, 1.82) is 0 Å². The first-order valence-corrected chi connectivity index (χ1v) is 8.49. The van der Waals surface area contributed by atoms with Gasteiger partial charge in [-0.2, -0.15) is 5.10 Å². The Morgan fingerprint density at radius 3 is 2.83 bits per heavy atom. The average Bonchev–Trinajstić information content (AvgIpc) is 2.91. The molecule has 1 aliphatic rings. The SMILES string of the molecule is O=C(c1[nH]nc2ncccc12)N1CCCCCC1c1ccccc1. The minimum atomic E-state index is 0.0150. The van der Waals surface area contributed by atoms with E-state index < -0.39 is 0 Å². The first-order chi connectivity index (χ1) is 11.8. The molecular weight excluding hydrogens is 300 g/mol. The lowest BCUT2D eigenvalue weighted by Crippen LogP contribution is -2.35. The summed E-state index contributed by atoms with van der Waals surface area (Å²) < 4.78 is 0. The minimum Gasteiger partial charge on any atom is -0.330 e. The van der Waals surface area contributed by atoms with Gasteiger partial charge in [0.2, 0.25) is 0 Å². The standard InChI is InChI=1S/C19H20N4O/c24-19(17-15-10-7-12-20-18(15)22-21-17)23-13-6-2-5-11-16(23)14-8-3-1-4-9-14/h1,3-4,7-10,12,16H,2,5-6,11,13H2,(H,20,21,22). The van der Waals surface area contributed by atoms with Gasteiger partial charge in [-0.05, 0) is 30.5 Å². The Kier molecular flexibility index (Phi) is 3.99. The summed E-state index contributed by atoms with van der Waals surface area (Å²) in [7, 11) is 0. The van der Waals surface area contributed by atoms with Gasteiger partial charge in [-0.1, -0.05) is 43.2 Å². The van der Waals surface area contributed by atoms with Crippen molar-refractivity contribution in [2.75, 3.05) is 6.54 Å². The Balaban J connectivity index is 1.72. The molecule has 1 N–H and O–H groups in total. The predicted molar refractivity (Wildman–Crippen MR) is 92.6 cm³/mol. The van der Waals surface area contributed by atoms with Crippen LogP contribution in [0.4, 0.5) is 0 Å². The van der Waals surface area contributed by atoms with E-state index in [-0.39, 0.29) is 11.9 Å². The Morgan fingerprint density at radius 2 is 1.96 bits per heavy atom. The molecule has 3 heterocycles. The number of likely N-dealkylation sites (tertiary alicyclic amines) is 1. The van der Waals surface area contributed by atoms with Crippen molar-refractivity contribution in [3.8, 4) is 0 Å². The second kappa shape index (κ2) is 6.43. The van der Waals surface area contributed by atoms with Crippen LogP contribution in [0.5, 0.6) is 0 Å². The number of amides is 1. The van der Waals surface area contributed by atoms with Crippen molar-refractivity contribution in [3.63, 3.8) is 0 Å². The molecule has 5 nitrogen and oxygen atoms in total. The fourth-order valence-corrected chi connectivity index (χ4v) is 3.53. The number of H-pyrrole nitrogens is 1. The molecule has 3 aromatic rings. The molecule has 1 aromatic carbocycles. The van der Waals surface area contributed by atoms with Gasteiger partial charge in [0.15, 0.2) is 5.65 Å². The van der Waals surface area contributed by atoms with Crippen molar-refractivity contribution < 1.29 is 4.79 Å². The normalized spacial score (nSPS) is 18.5. The van der Waals surface area contributed by atoms with Crippen LogP contribution in [0.2, 0.25) is 0 Å². The van der Waals surface area contributed by atoms with Crippen LogP contribution in [0.1, 0.15) is 47.8 Å². The van der Waals surface area contributed by atoms with Gasteiger partial charge >= 0.3 is 0 Å². The quantitative estimate of drug-likeness (QED) is 0.783. The third-order valence-corrected chi connectivity index (χ3v) is 4.74. The highest BCUT2D eigenvalue weighted by atomic mass is 16.2. The first kappa shape index (κ1) is 14.9. The monoisotopic (exact) mass is 320 g/mol. The van der Waals surface area contributed by atoms with Crippen molar-refractivity contribution in [3.05, 3.63) is 59.9 Å². The molecule has 0 saturated carbocycles. The molecule has 122 valence electrons. The summed E-state index contributed by atoms with van der Waals surface area (Å²) in [4.78, 5) is 19.5. The Hall–Kier alpha value is -2.69. The number of carbonyl (C=O) groups is 1. The zero-order valence-corrected chi connectivity index (χ0v) is 13.5. The van der Waals surface area contributed by atoms with E-state index >= 15 is 0 Å². The van der Waals surface area contributed by atoms with Crippen LogP contribution in [0, 0.1) is 0 Å². The molecule has 1 fully saturated rings. The maximum Gasteiger partial charge on any atom is 0.273 e. The van der Waals surface area contributed by atoms with E-state index in [1.165, 1.54) is 12.0 Å². The summed E-state index contributed by atoms with van der Waals surface area (Å²) in [5.41, 5.74) is 2.34. The number of fused-ring (bicyclic) bond motifs is 1. The van der Waals surface area contributed by atoms with E-state index in [1.807, 2.05) is 35.2 Å². The van der Waals surface area contributed by atoms with E-state index in [4.69, 9.17) is 0 Å². The molecule has 0 aliphatic carbocycles. The van der Waals surface area contributed by atoms with Gasteiger partial charge in [0.05, 0.1) is 11.4 Å². The number of carbonyl (C=O) groups excluding carboxylic acids is 1. The topological polar surface area (TPSA) is 61.9 Å². The van der Waals surface area contributed by atoms with Crippen LogP contribution >= 0.6 is 0 Å². The molecule has 2 aromatic heterocycles. The molecule has 1 unspecified atom stereocenters. The number of aromatic nitrogens is 3. The molecule has 1 atom stereocenters. The lowest BCUT2D eigenvalue weighted by Gasteiger charge is -2.30. The van der Waals surface area contributed by atoms with E-state index in [9.17, 15) is 4.79 Å². The van der Waals surface area contributed by atoms with Crippen molar-refractivity contribution >= 4 is 16.9 Å². The molecule has 5 heteroatoms. The van der Waals surface area contributed by atoms with Crippen molar-refractivity contribution in [1.82, 2.24) is 20.1 Å². The maximum atomic E-state index is 13.2. The Morgan fingerprint density at radius 1 is 1.08 bits per heavy atom. The molecular formula is C19H20N4O. The Bertz CT molecular complexity index is 843. The zero-order valence-electron chi connectivity index (χ0n) is 13.5. The number of aromatic amines is 1. The highest BCUT2D eigenvalue weighted by molar-refractivity contribution is 6.03. The molecule has 0 radical (unpaired) electrons. The molecule has 0 bridgehead atoms. The first-order valence-electron chi connectivity index (χ1n) is 8.49. The third kappa shape index (κ3) is 2.66. The van der Waals surface area contributed by atoms with Gasteiger partial charge in [0.1, 0.15) is 5.69 Å². The number of nitrogens with one attached hydrogen (secondary N) is 1. The van der Waals surface area contributed by atoms with Crippen LogP contribution in [0.25, 0.3) is 11.0 Å². The van der Waals surface area contributed by atoms with Crippen molar-refractivity contribution in [2.24, 2.45) is 0 Å².